The second kappa shape index (κ2) is 7.49. The molecular weight excluding hydrogens is 343 g/mol. The Morgan fingerprint density at radius 1 is 0.958 bits per heavy atom. The number of hydrogen-bond acceptors (Lipinski definition) is 2. The van der Waals surface area contributed by atoms with Crippen molar-refractivity contribution in [3.05, 3.63) is 70.7 Å². The quantitative estimate of drug-likeness (QED) is 0.814. The van der Waals surface area contributed by atoms with E-state index in [1.165, 1.54) is 36.4 Å². The molecule has 0 aliphatic heterocycles. The van der Waals surface area contributed by atoms with Gasteiger partial charge in [0.05, 0.1) is 6.42 Å². The van der Waals surface area contributed by atoms with Crippen LogP contribution in [-0.4, -0.2) is 23.9 Å². The van der Waals surface area contributed by atoms with E-state index in [2.05, 4.69) is 5.32 Å². The zero-order chi connectivity index (χ0) is 17.7. The lowest BCUT2D eigenvalue weighted by Gasteiger charge is -2.19. The fourth-order valence-corrected chi connectivity index (χ4v) is 2.21. The summed E-state index contributed by atoms with van der Waals surface area (Å²) in [7, 11) is 0. The van der Waals surface area contributed by atoms with E-state index in [9.17, 15) is 22.8 Å². The minimum absolute atomic E-state index is 0.100. The number of amides is 1. The highest BCUT2D eigenvalue weighted by molar-refractivity contribution is 6.30. The number of halogens is 4. The molecule has 7 heteroatoms. The van der Waals surface area contributed by atoms with Gasteiger partial charge < -0.3 is 5.32 Å². The molecule has 2 aromatic rings. The molecule has 0 aliphatic carbocycles. The Balaban J connectivity index is 2.21. The first-order chi connectivity index (χ1) is 11.3. The van der Waals surface area contributed by atoms with Crippen LogP contribution in [0, 0.1) is 0 Å². The highest BCUT2D eigenvalue weighted by Crippen LogP contribution is 2.23. The fraction of sp³-hybridized carbons (Fsp3) is 0.176. The van der Waals surface area contributed by atoms with Crippen molar-refractivity contribution in [2.24, 2.45) is 0 Å². The van der Waals surface area contributed by atoms with Gasteiger partial charge in [0.2, 0.25) is 0 Å². The average Bonchev–Trinajstić information content (AvgIpc) is 2.53. The molecule has 3 nitrogen and oxygen atoms in total. The van der Waals surface area contributed by atoms with Gasteiger partial charge in [-0.25, -0.2) is 0 Å². The van der Waals surface area contributed by atoms with Crippen molar-refractivity contribution in [3.63, 3.8) is 0 Å². The summed E-state index contributed by atoms with van der Waals surface area (Å²) in [6.07, 6.45) is -6.04. The van der Waals surface area contributed by atoms with Gasteiger partial charge in [-0.05, 0) is 24.3 Å². The summed E-state index contributed by atoms with van der Waals surface area (Å²) < 4.78 is 38.3. The SMILES string of the molecule is O=C(NC(CC(F)(F)F)C(=O)c1ccccc1)c1ccc(Cl)cc1. The number of hydrogen-bond donors (Lipinski definition) is 1. The van der Waals surface area contributed by atoms with E-state index < -0.39 is 30.3 Å². The van der Waals surface area contributed by atoms with E-state index in [4.69, 9.17) is 11.6 Å². The van der Waals surface area contributed by atoms with E-state index in [0.29, 0.717) is 5.02 Å². The van der Waals surface area contributed by atoms with E-state index in [-0.39, 0.29) is 11.1 Å². The van der Waals surface area contributed by atoms with E-state index in [1.807, 2.05) is 0 Å². The minimum Gasteiger partial charge on any atom is -0.341 e. The maximum absolute atomic E-state index is 12.8. The van der Waals surface area contributed by atoms with Gasteiger partial charge in [-0.3, -0.25) is 9.59 Å². The largest absolute Gasteiger partial charge is 0.391 e. The van der Waals surface area contributed by atoms with Crippen molar-refractivity contribution in [2.75, 3.05) is 0 Å². The lowest BCUT2D eigenvalue weighted by molar-refractivity contribution is -0.137. The number of benzene rings is 2. The van der Waals surface area contributed by atoms with Crippen molar-refractivity contribution in [3.8, 4) is 0 Å². The Morgan fingerprint density at radius 2 is 1.54 bits per heavy atom. The highest BCUT2D eigenvalue weighted by Gasteiger charge is 2.36. The van der Waals surface area contributed by atoms with Crippen LogP contribution in [0.5, 0.6) is 0 Å². The lowest BCUT2D eigenvalue weighted by atomic mass is 10.0. The first-order valence-electron chi connectivity index (χ1n) is 6.99. The predicted molar refractivity (Wildman–Crippen MR) is 84.2 cm³/mol. The van der Waals surface area contributed by atoms with Gasteiger partial charge in [0.25, 0.3) is 5.91 Å². The zero-order valence-corrected chi connectivity index (χ0v) is 13.1. The molecule has 0 saturated carbocycles. The number of rotatable bonds is 5. The molecule has 0 spiro atoms. The van der Waals surface area contributed by atoms with Gasteiger partial charge in [-0.2, -0.15) is 13.2 Å². The molecule has 1 amide bonds. The van der Waals surface area contributed by atoms with E-state index >= 15 is 0 Å². The van der Waals surface area contributed by atoms with Gasteiger partial charge in [-0.15, -0.1) is 0 Å². The number of ketones is 1. The van der Waals surface area contributed by atoms with Crippen LogP contribution in [0.1, 0.15) is 27.1 Å². The second-order valence-electron chi connectivity index (χ2n) is 5.08. The molecule has 0 bridgehead atoms. The summed E-state index contributed by atoms with van der Waals surface area (Å²) >= 11 is 5.71. The summed E-state index contributed by atoms with van der Waals surface area (Å²) in [6.45, 7) is 0. The maximum Gasteiger partial charge on any atom is 0.391 e. The third kappa shape index (κ3) is 5.09. The lowest BCUT2D eigenvalue weighted by Crippen LogP contribution is -2.43. The van der Waals surface area contributed by atoms with Gasteiger partial charge in [0, 0.05) is 16.1 Å². The van der Waals surface area contributed by atoms with Gasteiger partial charge in [0.15, 0.2) is 5.78 Å². The van der Waals surface area contributed by atoms with Crippen molar-refractivity contribution < 1.29 is 22.8 Å². The Kier molecular flexibility index (Phi) is 5.62. The molecule has 1 atom stereocenters. The van der Waals surface area contributed by atoms with Crippen LogP contribution in [0.4, 0.5) is 13.2 Å². The van der Waals surface area contributed by atoms with Crippen molar-refractivity contribution in [1.82, 2.24) is 5.32 Å². The molecule has 0 radical (unpaired) electrons. The number of carbonyl (C=O) groups is 2. The third-order valence-electron chi connectivity index (χ3n) is 3.22. The summed E-state index contributed by atoms with van der Waals surface area (Å²) in [5.74, 6) is -1.57. The molecule has 2 rings (SSSR count). The van der Waals surface area contributed by atoms with Gasteiger partial charge in [-0.1, -0.05) is 41.9 Å². The number of Topliss-reactive ketones (excluding diaryl/α,β-unsaturated/α-hetero) is 1. The monoisotopic (exact) mass is 355 g/mol. The highest BCUT2D eigenvalue weighted by atomic mass is 35.5. The predicted octanol–water partition coefficient (Wildman–Crippen LogP) is 4.27. The molecule has 0 heterocycles. The smallest absolute Gasteiger partial charge is 0.341 e. The minimum atomic E-state index is -4.59. The average molecular weight is 356 g/mol. The van der Waals surface area contributed by atoms with Crippen molar-refractivity contribution in [1.29, 1.82) is 0 Å². The number of carbonyl (C=O) groups excluding carboxylic acids is 2. The normalized spacial score (nSPS) is 12.5. The second-order valence-corrected chi connectivity index (χ2v) is 5.52. The maximum atomic E-state index is 12.8. The zero-order valence-electron chi connectivity index (χ0n) is 12.3. The number of nitrogens with one attached hydrogen (secondary N) is 1. The van der Waals surface area contributed by atoms with Crippen LogP contribution in [0.25, 0.3) is 0 Å². The summed E-state index contributed by atoms with van der Waals surface area (Å²) in [4.78, 5) is 24.4. The third-order valence-corrected chi connectivity index (χ3v) is 3.47. The van der Waals surface area contributed by atoms with E-state index in [1.54, 1.807) is 18.2 Å². The molecule has 0 fully saturated rings. The Labute approximate surface area is 141 Å². The Hall–Kier alpha value is -2.34. The van der Waals surface area contributed by atoms with Crippen LogP contribution in [-0.2, 0) is 0 Å². The van der Waals surface area contributed by atoms with Gasteiger partial charge in [0.1, 0.15) is 6.04 Å². The topological polar surface area (TPSA) is 46.2 Å². The summed E-state index contributed by atoms with van der Waals surface area (Å²) in [5, 5.41) is 2.54. The van der Waals surface area contributed by atoms with Crippen molar-refractivity contribution in [2.45, 2.75) is 18.6 Å². The molecule has 24 heavy (non-hydrogen) atoms. The molecule has 0 saturated heterocycles. The molecule has 126 valence electrons. The molecule has 1 N–H and O–H groups in total. The first-order valence-corrected chi connectivity index (χ1v) is 7.36. The Morgan fingerprint density at radius 3 is 2.08 bits per heavy atom. The molecular formula is C17H13ClF3NO2. The van der Waals surface area contributed by atoms with Gasteiger partial charge >= 0.3 is 6.18 Å². The summed E-state index contributed by atoms with van der Waals surface area (Å²) in [5.41, 5.74) is 0.218. The van der Waals surface area contributed by atoms with Crippen LogP contribution < -0.4 is 5.32 Å². The van der Waals surface area contributed by atoms with Crippen molar-refractivity contribution >= 4 is 23.3 Å². The number of alkyl halides is 3. The first kappa shape index (κ1) is 18.0. The van der Waals surface area contributed by atoms with Crippen LogP contribution in [0.3, 0.4) is 0 Å². The molecule has 1 unspecified atom stereocenters. The molecule has 2 aromatic carbocycles. The standard InChI is InChI=1S/C17H13ClF3NO2/c18-13-8-6-12(7-9-13)16(24)22-14(10-17(19,20)21)15(23)11-4-2-1-3-5-11/h1-9,14H,10H2,(H,22,24). The fourth-order valence-electron chi connectivity index (χ4n) is 2.09. The van der Waals surface area contributed by atoms with Crippen LogP contribution in [0.2, 0.25) is 5.02 Å². The van der Waals surface area contributed by atoms with Crippen LogP contribution in [0.15, 0.2) is 54.6 Å². The summed E-state index contributed by atoms with van der Waals surface area (Å²) in [6, 6.07) is 11.4. The molecule has 0 aliphatic rings. The Bertz CT molecular complexity index is 715. The molecule has 0 aromatic heterocycles. The van der Waals surface area contributed by atoms with E-state index in [0.717, 1.165) is 0 Å². The van der Waals surface area contributed by atoms with Crippen LogP contribution >= 0.6 is 11.6 Å².